The van der Waals surface area contributed by atoms with E-state index in [0.717, 1.165) is 24.8 Å². The zero-order valence-corrected chi connectivity index (χ0v) is 13.3. The number of carbonyl (C=O) groups excluding carboxylic acids is 2. The normalized spacial score (nSPS) is 22.2. The lowest BCUT2D eigenvalue weighted by Crippen LogP contribution is -2.42. The van der Waals surface area contributed by atoms with Gasteiger partial charge in [0, 0.05) is 45.8 Å². The first-order valence-corrected chi connectivity index (χ1v) is 7.72. The highest BCUT2D eigenvalue weighted by Crippen LogP contribution is 2.16. The van der Waals surface area contributed by atoms with Crippen molar-refractivity contribution in [3.63, 3.8) is 0 Å². The first-order chi connectivity index (χ1) is 10.5. The van der Waals surface area contributed by atoms with Gasteiger partial charge < -0.3 is 16.0 Å². The molecule has 1 aliphatic rings. The van der Waals surface area contributed by atoms with Crippen molar-refractivity contribution >= 4 is 11.8 Å². The summed E-state index contributed by atoms with van der Waals surface area (Å²) in [5.41, 5.74) is 7.06. The van der Waals surface area contributed by atoms with Crippen LogP contribution in [0.15, 0.2) is 12.4 Å². The second kappa shape index (κ2) is 7.40. The number of aryl methyl sites for hydroxylation is 1. The van der Waals surface area contributed by atoms with Gasteiger partial charge in [-0.2, -0.15) is 5.10 Å². The summed E-state index contributed by atoms with van der Waals surface area (Å²) in [5.74, 6) is -0.193. The minimum Gasteiger partial charge on any atom is -0.355 e. The summed E-state index contributed by atoms with van der Waals surface area (Å²) in [6.07, 6.45) is 5.99. The van der Waals surface area contributed by atoms with Gasteiger partial charge in [-0.25, -0.2) is 0 Å². The molecule has 122 valence electrons. The van der Waals surface area contributed by atoms with Crippen LogP contribution in [0.2, 0.25) is 0 Å². The van der Waals surface area contributed by atoms with Crippen LogP contribution in [0.1, 0.15) is 25.3 Å². The van der Waals surface area contributed by atoms with Crippen molar-refractivity contribution in [3.05, 3.63) is 18.0 Å². The van der Waals surface area contributed by atoms with Gasteiger partial charge in [0.25, 0.3) is 0 Å². The van der Waals surface area contributed by atoms with Gasteiger partial charge in [0.15, 0.2) is 0 Å². The van der Waals surface area contributed by atoms with Crippen molar-refractivity contribution in [1.82, 2.24) is 20.0 Å². The standard InChI is InChI=1S/C15H25N5O2/c1-11(21)20-9-13(3-4-14(16)10-20)15(22)17-6-5-12-7-18-19(2)8-12/h7-8,13-14H,3-6,9-10,16H2,1-2H3,(H,17,22)/t13-,14+/m1/s1. The van der Waals surface area contributed by atoms with E-state index in [1.807, 2.05) is 13.2 Å². The van der Waals surface area contributed by atoms with E-state index < -0.39 is 0 Å². The van der Waals surface area contributed by atoms with Gasteiger partial charge >= 0.3 is 0 Å². The smallest absolute Gasteiger partial charge is 0.224 e. The summed E-state index contributed by atoms with van der Waals surface area (Å²) in [5, 5.41) is 7.06. The van der Waals surface area contributed by atoms with Gasteiger partial charge in [0.05, 0.1) is 12.1 Å². The number of hydrogen-bond acceptors (Lipinski definition) is 4. The lowest BCUT2D eigenvalue weighted by Gasteiger charge is -2.23. The molecule has 0 unspecified atom stereocenters. The Morgan fingerprint density at radius 2 is 2.18 bits per heavy atom. The van der Waals surface area contributed by atoms with Crippen LogP contribution in [0.5, 0.6) is 0 Å². The van der Waals surface area contributed by atoms with Gasteiger partial charge in [0.1, 0.15) is 0 Å². The van der Waals surface area contributed by atoms with E-state index >= 15 is 0 Å². The molecule has 0 radical (unpaired) electrons. The molecule has 1 fully saturated rings. The van der Waals surface area contributed by atoms with Crippen LogP contribution in [0.3, 0.4) is 0 Å². The Morgan fingerprint density at radius 1 is 1.41 bits per heavy atom. The summed E-state index contributed by atoms with van der Waals surface area (Å²) >= 11 is 0. The number of carbonyl (C=O) groups is 2. The van der Waals surface area contributed by atoms with Gasteiger partial charge in [0.2, 0.25) is 11.8 Å². The molecule has 0 bridgehead atoms. The van der Waals surface area contributed by atoms with Gasteiger partial charge in [-0.05, 0) is 24.8 Å². The molecule has 7 nitrogen and oxygen atoms in total. The molecule has 3 N–H and O–H groups in total. The molecule has 7 heteroatoms. The Bertz CT molecular complexity index is 528. The fourth-order valence-electron chi connectivity index (χ4n) is 2.77. The second-order valence-electron chi connectivity index (χ2n) is 6.02. The molecule has 1 aliphatic heterocycles. The van der Waals surface area contributed by atoms with E-state index in [9.17, 15) is 9.59 Å². The SMILES string of the molecule is CC(=O)N1C[C@@H](N)CC[C@@H](C(=O)NCCc2cnn(C)c2)C1. The van der Waals surface area contributed by atoms with Crippen molar-refractivity contribution in [3.8, 4) is 0 Å². The quantitative estimate of drug-likeness (QED) is 0.796. The Kier molecular flexibility index (Phi) is 5.54. The Morgan fingerprint density at radius 3 is 2.82 bits per heavy atom. The number of nitrogens with zero attached hydrogens (tertiary/aromatic N) is 3. The van der Waals surface area contributed by atoms with Crippen LogP contribution in [-0.4, -0.2) is 52.2 Å². The highest BCUT2D eigenvalue weighted by atomic mass is 16.2. The van der Waals surface area contributed by atoms with E-state index in [4.69, 9.17) is 5.73 Å². The molecule has 1 saturated heterocycles. The fraction of sp³-hybridized carbons (Fsp3) is 0.667. The molecule has 0 aromatic carbocycles. The maximum absolute atomic E-state index is 12.3. The summed E-state index contributed by atoms with van der Waals surface area (Å²) in [6, 6.07) is -0.0444. The maximum atomic E-state index is 12.3. The maximum Gasteiger partial charge on any atom is 0.224 e. The van der Waals surface area contributed by atoms with Crippen molar-refractivity contribution < 1.29 is 9.59 Å². The topological polar surface area (TPSA) is 93.2 Å². The predicted octanol–water partition coefficient (Wildman–Crippen LogP) is -0.335. The number of nitrogens with two attached hydrogens (primary N) is 1. The molecule has 0 saturated carbocycles. The largest absolute Gasteiger partial charge is 0.355 e. The van der Waals surface area contributed by atoms with Crippen molar-refractivity contribution in [2.24, 2.45) is 18.7 Å². The van der Waals surface area contributed by atoms with Crippen LogP contribution >= 0.6 is 0 Å². The Labute approximate surface area is 130 Å². The van der Waals surface area contributed by atoms with E-state index in [1.54, 1.807) is 15.8 Å². The molecule has 2 heterocycles. The Hall–Kier alpha value is -1.89. The van der Waals surface area contributed by atoms with E-state index in [0.29, 0.717) is 19.6 Å². The van der Waals surface area contributed by atoms with Crippen LogP contribution < -0.4 is 11.1 Å². The first-order valence-electron chi connectivity index (χ1n) is 7.72. The van der Waals surface area contributed by atoms with E-state index in [2.05, 4.69) is 10.4 Å². The van der Waals surface area contributed by atoms with Crippen LogP contribution in [0.4, 0.5) is 0 Å². The minimum atomic E-state index is -0.175. The van der Waals surface area contributed by atoms with Gasteiger partial charge in [-0.1, -0.05) is 0 Å². The van der Waals surface area contributed by atoms with Crippen LogP contribution in [0, 0.1) is 5.92 Å². The zero-order valence-electron chi connectivity index (χ0n) is 13.3. The number of likely N-dealkylation sites (tertiary alicyclic amines) is 1. The van der Waals surface area contributed by atoms with Crippen molar-refractivity contribution in [1.29, 1.82) is 0 Å². The monoisotopic (exact) mass is 307 g/mol. The van der Waals surface area contributed by atoms with Crippen molar-refractivity contribution in [2.45, 2.75) is 32.2 Å². The lowest BCUT2D eigenvalue weighted by molar-refractivity contribution is -0.131. The summed E-state index contributed by atoms with van der Waals surface area (Å²) in [4.78, 5) is 25.6. The zero-order chi connectivity index (χ0) is 16.1. The molecular formula is C15H25N5O2. The molecule has 1 aromatic rings. The first kappa shape index (κ1) is 16.5. The summed E-state index contributed by atoms with van der Waals surface area (Å²) in [7, 11) is 1.87. The van der Waals surface area contributed by atoms with Crippen LogP contribution in [-0.2, 0) is 23.1 Å². The predicted molar refractivity (Wildman–Crippen MR) is 82.9 cm³/mol. The number of nitrogens with one attached hydrogen (secondary N) is 1. The number of rotatable bonds is 4. The molecule has 2 atom stereocenters. The molecule has 0 aliphatic carbocycles. The van der Waals surface area contributed by atoms with Crippen molar-refractivity contribution in [2.75, 3.05) is 19.6 Å². The molecule has 2 amide bonds. The number of aromatic nitrogens is 2. The average Bonchev–Trinajstić information content (AvgIpc) is 2.76. The lowest BCUT2D eigenvalue weighted by atomic mass is 10.0. The fourth-order valence-corrected chi connectivity index (χ4v) is 2.77. The van der Waals surface area contributed by atoms with E-state index in [-0.39, 0.29) is 23.8 Å². The molecular weight excluding hydrogens is 282 g/mol. The molecule has 22 heavy (non-hydrogen) atoms. The van der Waals surface area contributed by atoms with Gasteiger partial charge in [-0.15, -0.1) is 0 Å². The number of hydrogen-bond donors (Lipinski definition) is 2. The van der Waals surface area contributed by atoms with Gasteiger partial charge in [-0.3, -0.25) is 14.3 Å². The molecule has 2 rings (SSSR count). The molecule has 1 aromatic heterocycles. The Balaban J connectivity index is 1.83. The summed E-state index contributed by atoms with van der Waals surface area (Å²) in [6.45, 7) is 3.10. The summed E-state index contributed by atoms with van der Waals surface area (Å²) < 4.78 is 1.74. The highest BCUT2D eigenvalue weighted by molar-refractivity contribution is 5.80. The minimum absolute atomic E-state index is 0.00393. The average molecular weight is 307 g/mol. The third-order valence-corrected chi connectivity index (χ3v) is 4.07. The second-order valence-corrected chi connectivity index (χ2v) is 6.02. The third-order valence-electron chi connectivity index (χ3n) is 4.07. The number of amides is 2. The third kappa shape index (κ3) is 4.56. The molecule has 0 spiro atoms. The van der Waals surface area contributed by atoms with Crippen LogP contribution in [0.25, 0.3) is 0 Å². The van der Waals surface area contributed by atoms with E-state index in [1.165, 1.54) is 6.92 Å². The highest BCUT2D eigenvalue weighted by Gasteiger charge is 2.27.